The quantitative estimate of drug-likeness (QED) is 0.674. The Balaban J connectivity index is 2.17. The van der Waals surface area contributed by atoms with Crippen LogP contribution in [0.4, 0.5) is 17.1 Å². The number of amides is 1. The largest absolute Gasteiger partial charge is 0.399 e. The first-order chi connectivity index (χ1) is 11.1. The lowest BCUT2D eigenvalue weighted by molar-refractivity contribution is 0.0956. The highest BCUT2D eigenvalue weighted by atomic mass is 16.1. The molecule has 2 rings (SSSR count). The Morgan fingerprint density at radius 2 is 1.83 bits per heavy atom. The number of benzene rings is 2. The van der Waals surface area contributed by atoms with Crippen LogP contribution in [0.3, 0.4) is 0 Å². The molecule has 0 unspecified atom stereocenters. The fourth-order valence-electron chi connectivity index (χ4n) is 2.41. The predicted octanol–water partition coefficient (Wildman–Crippen LogP) is 4.10. The molecule has 0 bridgehead atoms. The molecular formula is C19H25N3O. The van der Waals surface area contributed by atoms with Crippen molar-refractivity contribution in [3.63, 3.8) is 0 Å². The molecule has 0 fully saturated rings. The zero-order valence-electron chi connectivity index (χ0n) is 13.9. The highest BCUT2D eigenvalue weighted by Crippen LogP contribution is 2.24. The second-order valence-electron chi connectivity index (χ2n) is 5.59. The molecule has 0 saturated carbocycles. The van der Waals surface area contributed by atoms with Gasteiger partial charge >= 0.3 is 0 Å². The molecule has 2 aromatic carbocycles. The summed E-state index contributed by atoms with van der Waals surface area (Å²) in [4.78, 5) is 12.2. The topological polar surface area (TPSA) is 67.1 Å². The summed E-state index contributed by atoms with van der Waals surface area (Å²) in [5.74, 6) is -0.123. The average Bonchev–Trinajstić information content (AvgIpc) is 2.56. The summed E-state index contributed by atoms with van der Waals surface area (Å²) < 4.78 is 0. The minimum atomic E-state index is -0.123. The number of carbonyl (C=O) groups excluding carboxylic acids is 1. The first-order valence-electron chi connectivity index (χ1n) is 8.17. The van der Waals surface area contributed by atoms with Gasteiger partial charge in [0.1, 0.15) is 0 Å². The van der Waals surface area contributed by atoms with E-state index in [0.717, 1.165) is 17.8 Å². The third kappa shape index (κ3) is 4.74. The highest BCUT2D eigenvalue weighted by molar-refractivity contribution is 6.01. The molecule has 0 atom stereocenters. The van der Waals surface area contributed by atoms with Gasteiger partial charge in [0.15, 0.2) is 0 Å². The van der Waals surface area contributed by atoms with Crippen molar-refractivity contribution in [2.45, 2.75) is 33.1 Å². The molecule has 4 heteroatoms. The zero-order chi connectivity index (χ0) is 16.7. The van der Waals surface area contributed by atoms with E-state index in [1.54, 1.807) is 12.1 Å². The number of nitrogen functional groups attached to an aromatic ring is 1. The van der Waals surface area contributed by atoms with Crippen LogP contribution in [0.1, 0.15) is 42.6 Å². The van der Waals surface area contributed by atoms with Gasteiger partial charge in [-0.05, 0) is 55.7 Å². The summed E-state index contributed by atoms with van der Waals surface area (Å²) in [5, 5.41) is 6.12. The minimum absolute atomic E-state index is 0.123. The Labute approximate surface area is 138 Å². The Kier molecular flexibility index (Phi) is 6.03. The van der Waals surface area contributed by atoms with Crippen LogP contribution in [0, 0.1) is 0 Å². The van der Waals surface area contributed by atoms with Gasteiger partial charge in [-0.1, -0.05) is 25.5 Å². The van der Waals surface area contributed by atoms with Crippen LogP contribution in [-0.2, 0) is 6.42 Å². The number of hydrogen-bond acceptors (Lipinski definition) is 3. The molecule has 4 nitrogen and oxygen atoms in total. The predicted molar refractivity (Wildman–Crippen MR) is 97.2 cm³/mol. The zero-order valence-corrected chi connectivity index (χ0v) is 13.9. The van der Waals surface area contributed by atoms with Crippen LogP contribution in [0.15, 0.2) is 42.5 Å². The van der Waals surface area contributed by atoms with Gasteiger partial charge in [0, 0.05) is 17.9 Å². The molecule has 1 amide bonds. The normalized spacial score (nSPS) is 10.3. The second-order valence-corrected chi connectivity index (χ2v) is 5.59. The highest BCUT2D eigenvalue weighted by Gasteiger charge is 2.11. The van der Waals surface area contributed by atoms with E-state index in [-0.39, 0.29) is 5.91 Å². The third-order valence-electron chi connectivity index (χ3n) is 3.68. The fraction of sp³-hybridized carbons (Fsp3) is 0.316. The van der Waals surface area contributed by atoms with Crippen molar-refractivity contribution in [2.75, 3.05) is 17.6 Å². The number of nitrogens with one attached hydrogen (secondary N) is 2. The van der Waals surface area contributed by atoms with Gasteiger partial charge < -0.3 is 16.4 Å². The van der Waals surface area contributed by atoms with Crippen molar-refractivity contribution < 1.29 is 4.79 Å². The van der Waals surface area contributed by atoms with Crippen molar-refractivity contribution >= 4 is 23.0 Å². The van der Waals surface area contributed by atoms with Crippen molar-refractivity contribution in [2.24, 2.45) is 0 Å². The van der Waals surface area contributed by atoms with Crippen molar-refractivity contribution in [3.8, 4) is 0 Å². The molecular weight excluding hydrogens is 286 g/mol. The van der Waals surface area contributed by atoms with E-state index in [2.05, 4.69) is 29.7 Å². The van der Waals surface area contributed by atoms with Crippen molar-refractivity contribution in [1.29, 1.82) is 0 Å². The Morgan fingerprint density at radius 3 is 2.48 bits per heavy atom. The summed E-state index contributed by atoms with van der Waals surface area (Å²) in [6.45, 7) is 4.67. The van der Waals surface area contributed by atoms with E-state index < -0.39 is 0 Å². The standard InChI is InChI=1S/C19H25N3O/c1-3-5-6-14-7-10-16(11-8-14)22-18-12-9-15(20)13-17(18)19(23)21-4-2/h7-13,22H,3-6,20H2,1-2H3,(H,21,23). The van der Waals surface area contributed by atoms with Gasteiger partial charge in [0.2, 0.25) is 0 Å². The summed E-state index contributed by atoms with van der Waals surface area (Å²) >= 11 is 0. The van der Waals surface area contributed by atoms with Crippen LogP contribution in [0.2, 0.25) is 0 Å². The molecule has 23 heavy (non-hydrogen) atoms. The number of aryl methyl sites for hydroxylation is 1. The summed E-state index contributed by atoms with van der Waals surface area (Å²) in [5.41, 5.74) is 9.99. The van der Waals surface area contributed by atoms with Gasteiger partial charge in [-0.2, -0.15) is 0 Å². The lowest BCUT2D eigenvalue weighted by atomic mass is 10.1. The molecule has 0 aromatic heterocycles. The first-order valence-corrected chi connectivity index (χ1v) is 8.17. The molecule has 4 N–H and O–H groups in total. The van der Waals surface area contributed by atoms with Gasteiger partial charge in [-0.15, -0.1) is 0 Å². The monoisotopic (exact) mass is 311 g/mol. The van der Waals surface area contributed by atoms with Gasteiger partial charge in [-0.3, -0.25) is 4.79 Å². The van der Waals surface area contributed by atoms with E-state index in [9.17, 15) is 4.79 Å². The SMILES string of the molecule is CCCCc1ccc(Nc2ccc(N)cc2C(=O)NCC)cc1. The van der Waals surface area contributed by atoms with Crippen LogP contribution in [0.25, 0.3) is 0 Å². The van der Waals surface area contributed by atoms with E-state index in [0.29, 0.717) is 17.8 Å². The molecule has 0 saturated heterocycles. The Morgan fingerprint density at radius 1 is 1.09 bits per heavy atom. The second kappa shape index (κ2) is 8.22. The number of carbonyl (C=O) groups is 1. The van der Waals surface area contributed by atoms with E-state index in [4.69, 9.17) is 5.73 Å². The molecule has 122 valence electrons. The van der Waals surface area contributed by atoms with Gasteiger partial charge in [0.25, 0.3) is 5.91 Å². The number of unbranched alkanes of at least 4 members (excludes halogenated alkanes) is 1. The molecule has 0 spiro atoms. The third-order valence-corrected chi connectivity index (χ3v) is 3.68. The van der Waals surface area contributed by atoms with E-state index in [1.807, 2.05) is 25.1 Å². The maximum absolute atomic E-state index is 12.2. The lowest BCUT2D eigenvalue weighted by Gasteiger charge is -2.13. The Hall–Kier alpha value is -2.49. The average molecular weight is 311 g/mol. The molecule has 0 aliphatic carbocycles. The summed E-state index contributed by atoms with van der Waals surface area (Å²) in [7, 11) is 0. The smallest absolute Gasteiger partial charge is 0.253 e. The molecule has 0 radical (unpaired) electrons. The molecule has 0 heterocycles. The number of nitrogens with two attached hydrogens (primary N) is 1. The van der Waals surface area contributed by atoms with Crippen LogP contribution in [-0.4, -0.2) is 12.5 Å². The minimum Gasteiger partial charge on any atom is -0.399 e. The van der Waals surface area contributed by atoms with Crippen LogP contribution >= 0.6 is 0 Å². The van der Waals surface area contributed by atoms with Crippen molar-refractivity contribution in [1.82, 2.24) is 5.32 Å². The maximum Gasteiger partial charge on any atom is 0.253 e. The van der Waals surface area contributed by atoms with E-state index >= 15 is 0 Å². The van der Waals surface area contributed by atoms with Crippen LogP contribution in [0.5, 0.6) is 0 Å². The number of hydrogen-bond donors (Lipinski definition) is 3. The van der Waals surface area contributed by atoms with Gasteiger partial charge in [0.05, 0.1) is 11.3 Å². The first kappa shape index (κ1) is 16.9. The maximum atomic E-state index is 12.2. The number of rotatable bonds is 7. The summed E-state index contributed by atoms with van der Waals surface area (Å²) in [6.07, 6.45) is 3.50. The molecule has 2 aromatic rings. The number of anilines is 3. The summed E-state index contributed by atoms with van der Waals surface area (Å²) in [6, 6.07) is 13.7. The van der Waals surface area contributed by atoms with Gasteiger partial charge in [-0.25, -0.2) is 0 Å². The lowest BCUT2D eigenvalue weighted by Crippen LogP contribution is -2.23. The van der Waals surface area contributed by atoms with Crippen molar-refractivity contribution in [3.05, 3.63) is 53.6 Å². The molecule has 0 aliphatic rings. The van der Waals surface area contributed by atoms with Crippen LogP contribution < -0.4 is 16.4 Å². The Bertz CT molecular complexity index is 650. The molecule has 0 aliphatic heterocycles. The van der Waals surface area contributed by atoms with E-state index in [1.165, 1.54) is 18.4 Å². The fourth-order valence-corrected chi connectivity index (χ4v) is 2.41.